The molecule has 10 nitrogen and oxygen atoms in total. The molecular formula is C36H44N4O6+2. The summed E-state index contributed by atoms with van der Waals surface area (Å²) in [6.45, 7) is 14.4. The van der Waals surface area contributed by atoms with Crippen LogP contribution >= 0.6 is 0 Å². The standard InChI is InChI=1S/C18H21N2O3.C18H23N2O3/c1-4-21-14-9-7-13(8-10-14)15-11-18(23-6-3)16(20-19)12-17(15)22-5-2;1-4-21-16-13-18(20-19,23-6-3)17(22-5-2)12-15(16)14-10-8-7-9-11-14/h7-12H,4-6H2,1-3H3;7-12H,4-6,13H2,1-3H3/q2*+1. The zero-order chi connectivity index (χ0) is 33.4. The third-order valence-electron chi connectivity index (χ3n) is 6.85. The summed E-state index contributed by atoms with van der Waals surface area (Å²) in [6.07, 6.45) is 2.14. The first-order chi connectivity index (χ1) is 22.4. The summed E-state index contributed by atoms with van der Waals surface area (Å²) in [4.78, 5) is 6.78. The predicted octanol–water partition coefficient (Wildman–Crippen LogP) is 9.38. The lowest BCUT2D eigenvalue weighted by Gasteiger charge is -2.25. The van der Waals surface area contributed by atoms with Gasteiger partial charge in [-0.15, -0.1) is 0 Å². The number of rotatable bonds is 14. The Morgan fingerprint density at radius 2 is 1.28 bits per heavy atom. The van der Waals surface area contributed by atoms with Gasteiger partial charge in [-0.1, -0.05) is 42.5 Å². The van der Waals surface area contributed by atoms with Crippen molar-refractivity contribution in [3.63, 3.8) is 0 Å². The van der Waals surface area contributed by atoms with Crippen LogP contribution in [0.5, 0.6) is 17.2 Å². The van der Waals surface area contributed by atoms with Crippen molar-refractivity contribution < 1.29 is 28.4 Å². The average molecular weight is 629 g/mol. The van der Waals surface area contributed by atoms with Crippen LogP contribution in [0.1, 0.15) is 53.5 Å². The normalized spacial score (nSPS) is 15.3. The van der Waals surface area contributed by atoms with Crippen molar-refractivity contribution in [2.24, 2.45) is 0 Å². The van der Waals surface area contributed by atoms with E-state index in [0.717, 1.165) is 33.8 Å². The van der Waals surface area contributed by atoms with Crippen LogP contribution in [0.4, 0.5) is 5.69 Å². The molecule has 46 heavy (non-hydrogen) atoms. The van der Waals surface area contributed by atoms with Crippen molar-refractivity contribution in [1.82, 2.24) is 0 Å². The Bertz CT molecular complexity index is 1560. The van der Waals surface area contributed by atoms with Gasteiger partial charge >= 0.3 is 11.4 Å². The molecule has 0 aliphatic heterocycles. The van der Waals surface area contributed by atoms with E-state index in [2.05, 4.69) is 9.95 Å². The van der Waals surface area contributed by atoms with Crippen LogP contribution in [-0.4, -0.2) is 45.4 Å². The molecule has 0 heterocycles. The molecule has 0 spiro atoms. The Kier molecular flexibility index (Phi) is 13.9. The predicted molar refractivity (Wildman–Crippen MR) is 179 cm³/mol. The van der Waals surface area contributed by atoms with Crippen molar-refractivity contribution >= 4 is 11.3 Å². The quantitative estimate of drug-likeness (QED) is 0.162. The van der Waals surface area contributed by atoms with E-state index in [9.17, 15) is 5.39 Å². The Hall–Kier alpha value is -5.06. The van der Waals surface area contributed by atoms with Crippen LogP contribution in [0, 0.1) is 10.8 Å². The van der Waals surface area contributed by atoms with E-state index in [-0.39, 0.29) is 0 Å². The maximum Gasteiger partial charge on any atom is 0.492 e. The van der Waals surface area contributed by atoms with Gasteiger partial charge in [0, 0.05) is 17.2 Å². The van der Waals surface area contributed by atoms with Gasteiger partial charge in [-0.3, -0.25) is 4.74 Å². The summed E-state index contributed by atoms with van der Waals surface area (Å²) in [5, 5.41) is 18.8. The van der Waals surface area contributed by atoms with E-state index >= 15 is 0 Å². The van der Waals surface area contributed by atoms with Gasteiger partial charge in [-0.05, 0) is 70.9 Å². The minimum absolute atomic E-state index is 0.293. The summed E-state index contributed by atoms with van der Waals surface area (Å²) >= 11 is 0. The highest BCUT2D eigenvalue weighted by atomic mass is 16.6. The molecule has 0 bridgehead atoms. The molecule has 0 N–H and O–H groups in total. The first kappa shape index (κ1) is 35.4. The molecule has 0 aromatic heterocycles. The molecule has 3 aromatic rings. The Labute approximate surface area is 271 Å². The molecule has 0 radical (unpaired) electrons. The SMILES string of the molecule is CCOC1=CC(c2ccccc2)=C(OCC)CC1([N+]#N)OCC.CCOc1ccc(-c2cc(OCC)c([N+]#N)cc2OCC)cc1. The second-order valence-corrected chi connectivity index (χ2v) is 9.81. The highest BCUT2D eigenvalue weighted by molar-refractivity contribution is 5.79. The Balaban J connectivity index is 0.000000250. The monoisotopic (exact) mass is 628 g/mol. The summed E-state index contributed by atoms with van der Waals surface area (Å²) < 4.78 is 34.0. The average Bonchev–Trinajstić information content (AvgIpc) is 3.08. The molecule has 1 unspecified atom stereocenters. The lowest BCUT2D eigenvalue weighted by molar-refractivity contribution is -0.0295. The van der Waals surface area contributed by atoms with Gasteiger partial charge in [0.2, 0.25) is 22.3 Å². The first-order valence-electron chi connectivity index (χ1n) is 15.7. The molecule has 0 saturated heterocycles. The molecule has 1 atom stereocenters. The number of hydrogen-bond donors (Lipinski definition) is 0. The number of allylic oxidation sites excluding steroid dienone is 2. The Morgan fingerprint density at radius 3 is 1.85 bits per heavy atom. The van der Waals surface area contributed by atoms with Gasteiger partial charge in [0.05, 0.1) is 45.7 Å². The molecule has 1 aliphatic rings. The van der Waals surface area contributed by atoms with Crippen molar-refractivity contribution in [2.75, 3.05) is 39.6 Å². The van der Waals surface area contributed by atoms with E-state index in [1.54, 1.807) is 6.07 Å². The molecule has 1 aliphatic carbocycles. The zero-order valence-electron chi connectivity index (χ0n) is 27.6. The molecule has 4 rings (SSSR count). The van der Waals surface area contributed by atoms with Crippen molar-refractivity contribution in [1.29, 1.82) is 10.8 Å². The van der Waals surface area contributed by atoms with Gasteiger partial charge in [-0.25, -0.2) is 0 Å². The molecule has 0 saturated carbocycles. The summed E-state index contributed by atoms with van der Waals surface area (Å²) in [6, 6.07) is 21.2. The third-order valence-corrected chi connectivity index (χ3v) is 6.85. The minimum Gasteiger partial charge on any atom is -0.497 e. The number of nitrogens with zero attached hydrogens (tertiary/aromatic N) is 4. The van der Waals surface area contributed by atoms with E-state index in [4.69, 9.17) is 33.8 Å². The van der Waals surface area contributed by atoms with E-state index in [1.165, 1.54) is 0 Å². The maximum atomic E-state index is 9.61. The van der Waals surface area contributed by atoms with Gasteiger partial charge in [-0.2, -0.15) is 0 Å². The van der Waals surface area contributed by atoms with Crippen LogP contribution in [0.15, 0.2) is 84.3 Å². The number of diazo groups is 2. The summed E-state index contributed by atoms with van der Waals surface area (Å²) in [5.74, 6) is 3.21. The lowest BCUT2D eigenvalue weighted by Crippen LogP contribution is -2.36. The van der Waals surface area contributed by atoms with Crippen LogP contribution in [0.25, 0.3) is 26.7 Å². The molecule has 0 fully saturated rings. The van der Waals surface area contributed by atoms with Crippen LogP contribution in [0.3, 0.4) is 0 Å². The first-order valence-corrected chi connectivity index (χ1v) is 15.7. The van der Waals surface area contributed by atoms with Crippen LogP contribution in [0.2, 0.25) is 0 Å². The summed E-state index contributed by atoms with van der Waals surface area (Å²) in [5.41, 5.74) is 2.91. The fourth-order valence-electron chi connectivity index (χ4n) is 4.97. The second kappa shape index (κ2) is 18.0. The number of hydrogen-bond acceptors (Lipinski definition) is 8. The zero-order valence-corrected chi connectivity index (χ0v) is 27.6. The van der Waals surface area contributed by atoms with Crippen LogP contribution in [-0.2, 0) is 14.2 Å². The summed E-state index contributed by atoms with van der Waals surface area (Å²) in [7, 11) is 0. The molecule has 10 heteroatoms. The van der Waals surface area contributed by atoms with Crippen LogP contribution < -0.4 is 14.2 Å². The highest BCUT2D eigenvalue weighted by Crippen LogP contribution is 2.42. The fraction of sp³-hybridized carbons (Fsp3) is 0.389. The maximum absolute atomic E-state index is 9.61. The van der Waals surface area contributed by atoms with Crippen molar-refractivity contribution in [2.45, 2.75) is 53.7 Å². The largest absolute Gasteiger partial charge is 0.497 e. The topological polar surface area (TPSA) is 112 Å². The number of benzene rings is 3. The fourth-order valence-corrected chi connectivity index (χ4v) is 4.97. The third kappa shape index (κ3) is 8.77. The van der Waals surface area contributed by atoms with E-state index in [0.29, 0.717) is 69.0 Å². The Morgan fingerprint density at radius 1 is 0.652 bits per heavy atom. The van der Waals surface area contributed by atoms with Gasteiger partial charge < -0.3 is 23.7 Å². The van der Waals surface area contributed by atoms with Gasteiger partial charge in [0.25, 0.3) is 0 Å². The molecule has 242 valence electrons. The smallest absolute Gasteiger partial charge is 0.492 e. The molecule has 0 amide bonds. The molecular weight excluding hydrogens is 584 g/mol. The van der Waals surface area contributed by atoms with E-state index < -0.39 is 5.72 Å². The van der Waals surface area contributed by atoms with Crippen molar-refractivity contribution in [3.8, 4) is 28.4 Å². The van der Waals surface area contributed by atoms with Gasteiger partial charge in [0.1, 0.15) is 23.7 Å². The highest BCUT2D eigenvalue weighted by Gasteiger charge is 2.55. The number of ether oxygens (including phenoxy) is 6. The lowest BCUT2D eigenvalue weighted by atomic mass is 9.91. The van der Waals surface area contributed by atoms with Gasteiger partial charge in [0.15, 0.2) is 9.95 Å². The second-order valence-electron chi connectivity index (χ2n) is 9.81. The van der Waals surface area contributed by atoms with Crippen molar-refractivity contribution in [3.05, 3.63) is 99.8 Å². The molecule has 3 aromatic carbocycles. The minimum atomic E-state index is -1.24. The van der Waals surface area contributed by atoms with E-state index in [1.807, 2.05) is 108 Å².